The van der Waals surface area contributed by atoms with Crippen molar-refractivity contribution in [2.75, 3.05) is 0 Å². The summed E-state index contributed by atoms with van der Waals surface area (Å²) in [6, 6.07) is 20.4. The van der Waals surface area contributed by atoms with Crippen LogP contribution in [0.2, 0.25) is 0 Å². The second kappa shape index (κ2) is 8.15. The number of hydrogen-bond acceptors (Lipinski definition) is 3. The van der Waals surface area contributed by atoms with Crippen LogP contribution in [0, 0.1) is 12.8 Å². The highest BCUT2D eigenvalue weighted by Gasteiger charge is 2.21. The molecule has 3 heteroatoms. The van der Waals surface area contributed by atoms with Crippen molar-refractivity contribution in [2.45, 2.75) is 53.4 Å². The van der Waals surface area contributed by atoms with Crippen LogP contribution < -0.4 is 0 Å². The van der Waals surface area contributed by atoms with Crippen molar-refractivity contribution in [3.8, 4) is 11.3 Å². The molecule has 0 spiro atoms. The Morgan fingerprint density at radius 1 is 0.800 bits per heavy atom. The van der Waals surface area contributed by atoms with Gasteiger partial charge in [-0.3, -0.25) is 4.98 Å². The Kier molecular flexibility index (Phi) is 5.28. The van der Waals surface area contributed by atoms with Crippen LogP contribution in [-0.4, -0.2) is 4.98 Å². The Morgan fingerprint density at radius 2 is 1.51 bits per heavy atom. The van der Waals surface area contributed by atoms with Gasteiger partial charge in [-0.15, -0.1) is 22.7 Å². The summed E-state index contributed by atoms with van der Waals surface area (Å²) in [6.45, 7) is 13.8. The lowest BCUT2D eigenvalue weighted by molar-refractivity contribution is 0.596. The number of nitrogens with zero attached hydrogens (tertiary/aromatic N) is 1. The minimum absolute atomic E-state index is 0.0527. The summed E-state index contributed by atoms with van der Waals surface area (Å²) in [4.78, 5) is 6.42. The molecule has 0 atom stereocenters. The van der Waals surface area contributed by atoms with Gasteiger partial charge in [-0.1, -0.05) is 71.0 Å². The average Bonchev–Trinajstić information content (AvgIpc) is 3.35. The summed E-state index contributed by atoms with van der Waals surface area (Å²) in [5.41, 5.74) is 5.27. The first-order valence-corrected chi connectivity index (χ1v) is 14.1. The van der Waals surface area contributed by atoms with Crippen LogP contribution in [0.1, 0.15) is 50.6 Å². The summed E-state index contributed by atoms with van der Waals surface area (Å²) in [5.74, 6) is 0.658. The van der Waals surface area contributed by atoms with Crippen molar-refractivity contribution < 1.29 is 0 Å². The highest BCUT2D eigenvalue weighted by Crippen LogP contribution is 2.46. The predicted octanol–water partition coefficient (Wildman–Crippen LogP) is 10.3. The van der Waals surface area contributed by atoms with E-state index in [1.165, 1.54) is 62.6 Å². The van der Waals surface area contributed by atoms with Gasteiger partial charge in [0.25, 0.3) is 0 Å². The van der Waals surface area contributed by atoms with E-state index in [4.69, 9.17) is 4.98 Å². The van der Waals surface area contributed by atoms with Gasteiger partial charge >= 0.3 is 0 Å². The SMILES string of the molecule is Cc1sc2c(ccc3c4ccnc(-c5cc(C(C)(C)C)c6ccccc6c5)c4sc32)c1CC(C)C. The molecule has 0 aliphatic heterocycles. The fourth-order valence-electron chi connectivity index (χ4n) is 5.42. The normalized spacial score (nSPS) is 12.7. The Labute approximate surface area is 215 Å². The molecule has 0 bridgehead atoms. The van der Waals surface area contributed by atoms with Crippen molar-refractivity contribution >= 4 is 63.7 Å². The van der Waals surface area contributed by atoms with Crippen molar-refractivity contribution in [3.05, 3.63) is 76.8 Å². The van der Waals surface area contributed by atoms with E-state index in [0.29, 0.717) is 5.92 Å². The Hall–Kier alpha value is -2.75. The number of fused-ring (bicyclic) bond motifs is 6. The number of pyridine rings is 1. The molecule has 6 aromatic rings. The highest BCUT2D eigenvalue weighted by atomic mass is 32.1. The molecular weight excluding hydrogens is 462 g/mol. The quantitative estimate of drug-likeness (QED) is 0.239. The maximum atomic E-state index is 4.96. The summed E-state index contributed by atoms with van der Waals surface area (Å²) in [5, 5.41) is 6.73. The molecule has 0 fully saturated rings. The van der Waals surface area contributed by atoms with Gasteiger partial charge in [0.15, 0.2) is 0 Å². The molecule has 0 saturated heterocycles. The summed E-state index contributed by atoms with van der Waals surface area (Å²) < 4.78 is 4.14. The molecule has 1 nitrogen and oxygen atoms in total. The molecule has 0 unspecified atom stereocenters. The van der Waals surface area contributed by atoms with Crippen LogP contribution in [0.3, 0.4) is 0 Å². The fourth-order valence-corrected chi connectivity index (χ4v) is 8.05. The molecule has 0 aliphatic carbocycles. The van der Waals surface area contributed by atoms with Crippen molar-refractivity contribution in [3.63, 3.8) is 0 Å². The van der Waals surface area contributed by atoms with E-state index in [9.17, 15) is 0 Å². The topological polar surface area (TPSA) is 12.9 Å². The van der Waals surface area contributed by atoms with Gasteiger partial charge in [-0.05, 0) is 70.2 Å². The van der Waals surface area contributed by atoms with E-state index in [0.717, 1.165) is 12.1 Å². The smallest absolute Gasteiger partial charge is 0.0880 e. The molecule has 0 N–H and O–H groups in total. The number of rotatable bonds is 3. The zero-order valence-electron chi connectivity index (χ0n) is 21.3. The third kappa shape index (κ3) is 3.68. The second-order valence-corrected chi connectivity index (χ2v) is 13.4. The van der Waals surface area contributed by atoms with Gasteiger partial charge in [0.05, 0.1) is 19.8 Å². The molecule has 35 heavy (non-hydrogen) atoms. The maximum absolute atomic E-state index is 4.96. The number of hydrogen-bond donors (Lipinski definition) is 0. The standard InChI is InChI=1S/C32H31NS2/c1-18(2)15-26-19(3)34-30-24(26)12-11-23-25-13-14-33-28(29(25)35-31(23)30)21-16-20-9-7-8-10-22(20)27(17-21)32(4,5)6/h7-14,16-18H,15H2,1-6H3. The molecule has 3 heterocycles. The zero-order chi connectivity index (χ0) is 24.5. The minimum Gasteiger partial charge on any atom is -0.255 e. The van der Waals surface area contributed by atoms with Crippen LogP contribution in [0.25, 0.3) is 52.3 Å². The number of aromatic nitrogens is 1. The molecule has 0 amide bonds. The van der Waals surface area contributed by atoms with Crippen molar-refractivity contribution in [2.24, 2.45) is 5.92 Å². The Morgan fingerprint density at radius 3 is 2.29 bits per heavy atom. The third-order valence-electron chi connectivity index (χ3n) is 7.07. The molecule has 6 rings (SSSR count). The molecule has 3 aromatic carbocycles. The molecule has 0 aliphatic rings. The molecule has 176 valence electrons. The van der Waals surface area contributed by atoms with Gasteiger partial charge in [-0.25, -0.2) is 0 Å². The van der Waals surface area contributed by atoms with Gasteiger partial charge < -0.3 is 0 Å². The first kappa shape index (κ1) is 22.7. The lowest BCUT2D eigenvalue weighted by atomic mass is 9.82. The van der Waals surface area contributed by atoms with Crippen LogP contribution in [0.5, 0.6) is 0 Å². The molecule has 0 saturated carbocycles. The van der Waals surface area contributed by atoms with E-state index in [1.54, 1.807) is 0 Å². The van der Waals surface area contributed by atoms with Gasteiger partial charge in [0.1, 0.15) is 0 Å². The van der Waals surface area contributed by atoms with Crippen LogP contribution in [0.15, 0.2) is 60.8 Å². The van der Waals surface area contributed by atoms with Crippen LogP contribution >= 0.6 is 22.7 Å². The maximum Gasteiger partial charge on any atom is 0.0880 e. The Balaban J connectivity index is 1.64. The zero-order valence-corrected chi connectivity index (χ0v) is 23.0. The summed E-state index contributed by atoms with van der Waals surface area (Å²) in [6.07, 6.45) is 3.13. The lowest BCUT2D eigenvalue weighted by Crippen LogP contribution is -2.12. The molecule has 3 aromatic heterocycles. The first-order valence-electron chi connectivity index (χ1n) is 12.5. The van der Waals surface area contributed by atoms with Crippen molar-refractivity contribution in [1.82, 2.24) is 4.98 Å². The van der Waals surface area contributed by atoms with E-state index >= 15 is 0 Å². The Bertz CT molecular complexity index is 1740. The van der Waals surface area contributed by atoms with Crippen LogP contribution in [-0.2, 0) is 11.8 Å². The largest absolute Gasteiger partial charge is 0.255 e. The van der Waals surface area contributed by atoms with Crippen LogP contribution in [0.4, 0.5) is 0 Å². The average molecular weight is 494 g/mol. The predicted molar refractivity (Wildman–Crippen MR) is 157 cm³/mol. The van der Waals surface area contributed by atoms with Gasteiger partial charge in [0, 0.05) is 27.4 Å². The summed E-state index contributed by atoms with van der Waals surface area (Å²) in [7, 11) is 0. The minimum atomic E-state index is 0.0527. The van der Waals surface area contributed by atoms with E-state index in [2.05, 4.69) is 96.1 Å². The number of aryl methyl sites for hydroxylation is 1. The number of thiophene rings is 2. The molecule has 0 radical (unpaired) electrons. The number of benzene rings is 3. The lowest BCUT2D eigenvalue weighted by Gasteiger charge is -2.22. The second-order valence-electron chi connectivity index (χ2n) is 11.2. The van der Waals surface area contributed by atoms with Crippen molar-refractivity contribution in [1.29, 1.82) is 0 Å². The monoisotopic (exact) mass is 493 g/mol. The van der Waals surface area contributed by atoms with E-state index in [1.807, 2.05) is 28.9 Å². The van der Waals surface area contributed by atoms with Gasteiger partial charge in [0.2, 0.25) is 0 Å². The van der Waals surface area contributed by atoms with E-state index < -0.39 is 0 Å². The molecular formula is C32H31NS2. The van der Waals surface area contributed by atoms with E-state index in [-0.39, 0.29) is 5.41 Å². The van der Waals surface area contributed by atoms with Gasteiger partial charge in [-0.2, -0.15) is 0 Å². The summed E-state index contributed by atoms with van der Waals surface area (Å²) >= 11 is 3.89. The highest BCUT2D eigenvalue weighted by molar-refractivity contribution is 7.31. The fraction of sp³-hybridized carbons (Fsp3) is 0.281. The third-order valence-corrected chi connectivity index (χ3v) is 9.63. The first-order chi connectivity index (χ1) is 16.7.